The minimum Gasteiger partial charge on any atom is -0.354 e. The highest BCUT2D eigenvalue weighted by molar-refractivity contribution is 7.98. The number of anilines is 1. The minimum atomic E-state index is -4.08. The van der Waals surface area contributed by atoms with Crippen LogP contribution >= 0.6 is 23.5 Å². The number of thioether (sulfide) groups is 2. The van der Waals surface area contributed by atoms with Crippen LogP contribution in [0.2, 0.25) is 0 Å². The summed E-state index contributed by atoms with van der Waals surface area (Å²) in [5, 5.41) is 2.78. The van der Waals surface area contributed by atoms with Crippen molar-refractivity contribution >= 4 is 45.1 Å². The summed E-state index contributed by atoms with van der Waals surface area (Å²) in [6, 6.07) is 19.8. The molecule has 1 amide bonds. The quantitative estimate of drug-likeness (QED) is 0.283. The Kier molecular flexibility index (Phi) is 9.44. The Morgan fingerprint density at radius 1 is 1.03 bits per heavy atom. The average Bonchev–Trinajstić information content (AvgIpc) is 2.83. The van der Waals surface area contributed by atoms with E-state index in [1.165, 1.54) is 53.2 Å². The third kappa shape index (κ3) is 7.01. The van der Waals surface area contributed by atoms with Gasteiger partial charge in [-0.15, -0.1) is 11.8 Å². The van der Waals surface area contributed by atoms with Gasteiger partial charge in [-0.05, 0) is 66.8 Å². The number of carbonyl (C=O) groups is 1. The lowest BCUT2D eigenvalue weighted by Gasteiger charge is -2.24. The van der Waals surface area contributed by atoms with Crippen LogP contribution in [0.25, 0.3) is 0 Å². The van der Waals surface area contributed by atoms with Crippen molar-refractivity contribution < 1.29 is 17.6 Å². The van der Waals surface area contributed by atoms with Crippen LogP contribution in [0.3, 0.4) is 0 Å². The van der Waals surface area contributed by atoms with Crippen LogP contribution in [-0.2, 0) is 20.6 Å². The van der Waals surface area contributed by atoms with Crippen LogP contribution in [0.1, 0.15) is 11.1 Å². The standard InChI is InChI=1S/C25H27FN2O3S3/c1-19-6-3-4-7-20(19)18-33-15-14-27-25(29)17-28(22-9-5-8-21(26)16-22)34(30,31)24-12-10-23(32-2)11-13-24/h3-13,16H,14-15,17-18H2,1-2H3,(H,27,29). The van der Waals surface area contributed by atoms with Crippen molar-refractivity contribution in [1.82, 2.24) is 5.32 Å². The fourth-order valence-electron chi connectivity index (χ4n) is 3.22. The van der Waals surface area contributed by atoms with E-state index in [2.05, 4.69) is 24.4 Å². The number of halogens is 1. The van der Waals surface area contributed by atoms with E-state index in [1.807, 2.05) is 18.4 Å². The minimum absolute atomic E-state index is 0.0381. The van der Waals surface area contributed by atoms with Crippen LogP contribution in [0.15, 0.2) is 82.6 Å². The third-order valence-corrected chi connectivity index (χ3v) is 8.66. The Morgan fingerprint density at radius 2 is 1.76 bits per heavy atom. The van der Waals surface area contributed by atoms with Gasteiger partial charge < -0.3 is 5.32 Å². The average molecular weight is 519 g/mol. The number of hydrogen-bond acceptors (Lipinski definition) is 5. The second kappa shape index (κ2) is 12.3. The Morgan fingerprint density at radius 3 is 2.44 bits per heavy atom. The van der Waals surface area contributed by atoms with Gasteiger partial charge in [0, 0.05) is 22.9 Å². The second-order valence-electron chi connectivity index (χ2n) is 7.50. The van der Waals surface area contributed by atoms with Gasteiger partial charge in [-0.1, -0.05) is 30.3 Å². The monoisotopic (exact) mass is 518 g/mol. The molecule has 3 aromatic carbocycles. The summed E-state index contributed by atoms with van der Waals surface area (Å²) in [5.41, 5.74) is 2.56. The Balaban J connectivity index is 1.66. The molecule has 34 heavy (non-hydrogen) atoms. The first-order valence-electron chi connectivity index (χ1n) is 10.6. The van der Waals surface area contributed by atoms with E-state index in [-0.39, 0.29) is 10.6 Å². The van der Waals surface area contributed by atoms with Crippen LogP contribution in [0, 0.1) is 12.7 Å². The summed E-state index contributed by atoms with van der Waals surface area (Å²) < 4.78 is 41.5. The topological polar surface area (TPSA) is 66.5 Å². The number of nitrogens with one attached hydrogen (secondary N) is 1. The Labute approximate surface area is 209 Å². The SMILES string of the molecule is CSc1ccc(S(=O)(=O)N(CC(=O)NCCSCc2ccccc2C)c2cccc(F)c2)cc1. The first-order valence-corrected chi connectivity index (χ1v) is 14.4. The van der Waals surface area contributed by atoms with Gasteiger partial charge in [0.25, 0.3) is 10.0 Å². The maximum atomic E-state index is 13.9. The van der Waals surface area contributed by atoms with Crippen molar-refractivity contribution in [1.29, 1.82) is 0 Å². The van der Waals surface area contributed by atoms with Crippen molar-refractivity contribution in [2.45, 2.75) is 22.5 Å². The molecule has 5 nitrogen and oxygen atoms in total. The highest BCUT2D eigenvalue weighted by atomic mass is 32.2. The number of hydrogen-bond donors (Lipinski definition) is 1. The third-order valence-electron chi connectivity index (χ3n) is 5.12. The molecule has 3 rings (SSSR count). The molecule has 0 radical (unpaired) electrons. The zero-order chi connectivity index (χ0) is 24.6. The van der Waals surface area contributed by atoms with Crippen molar-refractivity contribution in [3.05, 3.63) is 89.7 Å². The van der Waals surface area contributed by atoms with E-state index in [4.69, 9.17) is 0 Å². The highest BCUT2D eigenvalue weighted by Gasteiger charge is 2.27. The molecule has 0 aliphatic heterocycles. The molecular formula is C25H27FN2O3S3. The Bertz CT molecular complexity index is 1220. The van der Waals surface area contributed by atoms with Crippen LogP contribution in [0.4, 0.5) is 10.1 Å². The number of sulfonamides is 1. The summed E-state index contributed by atoms with van der Waals surface area (Å²) in [6.45, 7) is 2.01. The predicted molar refractivity (Wildman–Crippen MR) is 140 cm³/mol. The normalized spacial score (nSPS) is 11.3. The van der Waals surface area contributed by atoms with Gasteiger partial charge in [0.2, 0.25) is 5.91 Å². The number of amides is 1. The maximum Gasteiger partial charge on any atom is 0.264 e. The summed E-state index contributed by atoms with van der Waals surface area (Å²) in [7, 11) is -4.08. The number of nitrogens with zero attached hydrogens (tertiary/aromatic N) is 1. The molecule has 0 saturated heterocycles. The van der Waals surface area contributed by atoms with Gasteiger partial charge in [-0.2, -0.15) is 11.8 Å². The first-order chi connectivity index (χ1) is 16.3. The lowest BCUT2D eigenvalue weighted by molar-refractivity contribution is -0.119. The molecular weight excluding hydrogens is 491 g/mol. The van der Waals surface area contributed by atoms with Gasteiger partial charge in [-0.3, -0.25) is 9.10 Å². The molecule has 0 aliphatic carbocycles. The van der Waals surface area contributed by atoms with Crippen molar-refractivity contribution in [2.24, 2.45) is 0 Å². The van der Waals surface area contributed by atoms with E-state index in [9.17, 15) is 17.6 Å². The largest absolute Gasteiger partial charge is 0.354 e. The summed E-state index contributed by atoms with van der Waals surface area (Å²) >= 11 is 3.18. The van der Waals surface area contributed by atoms with Crippen LogP contribution in [0.5, 0.6) is 0 Å². The van der Waals surface area contributed by atoms with E-state index in [0.29, 0.717) is 12.3 Å². The number of carbonyl (C=O) groups excluding carboxylic acids is 1. The lowest BCUT2D eigenvalue weighted by atomic mass is 10.1. The second-order valence-corrected chi connectivity index (χ2v) is 11.3. The van der Waals surface area contributed by atoms with E-state index in [1.54, 1.807) is 23.9 Å². The first kappa shape index (κ1) is 26.1. The molecule has 1 N–H and O–H groups in total. The molecule has 180 valence electrons. The molecule has 0 saturated carbocycles. The van der Waals surface area contributed by atoms with Crippen molar-refractivity contribution in [3.63, 3.8) is 0 Å². The van der Waals surface area contributed by atoms with Gasteiger partial charge >= 0.3 is 0 Å². The molecule has 9 heteroatoms. The molecule has 0 aromatic heterocycles. The number of aryl methyl sites for hydroxylation is 1. The summed E-state index contributed by atoms with van der Waals surface area (Å²) in [4.78, 5) is 13.6. The number of benzene rings is 3. The molecule has 0 bridgehead atoms. The Hall–Kier alpha value is -2.49. The van der Waals surface area contributed by atoms with E-state index in [0.717, 1.165) is 21.0 Å². The molecule has 3 aromatic rings. The van der Waals surface area contributed by atoms with E-state index < -0.39 is 28.3 Å². The van der Waals surface area contributed by atoms with Gasteiger partial charge in [0.05, 0.1) is 10.6 Å². The van der Waals surface area contributed by atoms with Gasteiger partial charge in [0.15, 0.2) is 0 Å². The fourth-order valence-corrected chi connectivity index (χ4v) is 5.98. The molecule has 0 atom stereocenters. The molecule has 0 unspecified atom stereocenters. The molecule has 0 spiro atoms. The van der Waals surface area contributed by atoms with Gasteiger partial charge in [0.1, 0.15) is 12.4 Å². The molecule has 0 fully saturated rings. The highest BCUT2D eigenvalue weighted by Crippen LogP contribution is 2.26. The smallest absolute Gasteiger partial charge is 0.264 e. The van der Waals surface area contributed by atoms with Crippen molar-refractivity contribution in [2.75, 3.05) is 29.4 Å². The maximum absolute atomic E-state index is 13.9. The van der Waals surface area contributed by atoms with Crippen LogP contribution in [-0.4, -0.2) is 39.4 Å². The zero-order valence-electron chi connectivity index (χ0n) is 19.0. The molecule has 0 heterocycles. The van der Waals surface area contributed by atoms with Gasteiger partial charge in [-0.25, -0.2) is 12.8 Å². The number of rotatable bonds is 11. The summed E-state index contributed by atoms with van der Waals surface area (Å²) in [5.74, 6) is 0.481. The van der Waals surface area contributed by atoms with Crippen LogP contribution < -0.4 is 9.62 Å². The zero-order valence-corrected chi connectivity index (χ0v) is 21.5. The lowest BCUT2D eigenvalue weighted by Crippen LogP contribution is -2.41. The predicted octanol–water partition coefficient (Wildman–Crippen LogP) is 5.10. The molecule has 0 aliphatic rings. The fraction of sp³-hybridized carbons (Fsp3) is 0.240. The van der Waals surface area contributed by atoms with Crippen molar-refractivity contribution in [3.8, 4) is 0 Å². The summed E-state index contributed by atoms with van der Waals surface area (Å²) in [6.07, 6.45) is 1.90. The van der Waals surface area contributed by atoms with E-state index >= 15 is 0 Å².